The molecule has 17 heavy (non-hydrogen) atoms. The van der Waals surface area contributed by atoms with Gasteiger partial charge in [0.2, 0.25) is 0 Å². The molecule has 0 aliphatic carbocycles. The van der Waals surface area contributed by atoms with Gasteiger partial charge in [-0.2, -0.15) is 11.8 Å². The monoisotopic (exact) mass is 259 g/mol. The predicted molar refractivity (Wildman–Crippen MR) is 72.7 cm³/mol. The minimum atomic E-state index is 0.0368. The lowest BCUT2D eigenvalue weighted by Gasteiger charge is -2.38. The molecule has 0 aromatic heterocycles. The minimum absolute atomic E-state index is 0.0368. The van der Waals surface area contributed by atoms with Gasteiger partial charge in [0.25, 0.3) is 0 Å². The average Bonchev–Trinajstić information content (AvgIpc) is 2.74. The SMILES string of the molecule is CSCCC(C)NC1CCOC2(CCOC2)C1. The summed E-state index contributed by atoms with van der Waals surface area (Å²) in [4.78, 5) is 0. The van der Waals surface area contributed by atoms with Gasteiger partial charge >= 0.3 is 0 Å². The Hall–Kier alpha value is 0.230. The molecule has 0 amide bonds. The minimum Gasteiger partial charge on any atom is -0.378 e. The van der Waals surface area contributed by atoms with Crippen LogP contribution >= 0.6 is 11.8 Å². The van der Waals surface area contributed by atoms with Crippen molar-refractivity contribution in [3.8, 4) is 0 Å². The summed E-state index contributed by atoms with van der Waals surface area (Å²) in [5.41, 5.74) is 0.0368. The van der Waals surface area contributed by atoms with Crippen LogP contribution in [-0.4, -0.2) is 49.5 Å². The van der Waals surface area contributed by atoms with Crippen LogP contribution in [0.1, 0.15) is 32.6 Å². The Bertz CT molecular complexity index is 231. The first-order chi connectivity index (χ1) is 8.24. The Morgan fingerprint density at radius 1 is 1.47 bits per heavy atom. The van der Waals surface area contributed by atoms with E-state index >= 15 is 0 Å². The number of hydrogen-bond acceptors (Lipinski definition) is 4. The van der Waals surface area contributed by atoms with Gasteiger partial charge in [0.05, 0.1) is 12.2 Å². The van der Waals surface area contributed by atoms with E-state index < -0.39 is 0 Å². The zero-order valence-electron chi connectivity index (χ0n) is 11.0. The quantitative estimate of drug-likeness (QED) is 0.818. The molecular formula is C13H25NO2S. The average molecular weight is 259 g/mol. The Kier molecular flexibility index (Phi) is 5.15. The Balaban J connectivity index is 1.77. The van der Waals surface area contributed by atoms with Gasteiger partial charge < -0.3 is 14.8 Å². The second-order valence-electron chi connectivity index (χ2n) is 5.37. The van der Waals surface area contributed by atoms with Gasteiger partial charge in [0, 0.05) is 31.7 Å². The number of thioether (sulfide) groups is 1. The van der Waals surface area contributed by atoms with Crippen LogP contribution in [0.2, 0.25) is 0 Å². The molecule has 3 atom stereocenters. The van der Waals surface area contributed by atoms with Crippen molar-refractivity contribution in [3.05, 3.63) is 0 Å². The Morgan fingerprint density at radius 3 is 3.06 bits per heavy atom. The van der Waals surface area contributed by atoms with E-state index in [0.29, 0.717) is 12.1 Å². The number of ether oxygens (including phenoxy) is 2. The molecular weight excluding hydrogens is 234 g/mol. The van der Waals surface area contributed by atoms with Crippen LogP contribution in [0.25, 0.3) is 0 Å². The smallest absolute Gasteiger partial charge is 0.0951 e. The molecule has 3 nitrogen and oxygen atoms in total. The van der Waals surface area contributed by atoms with Gasteiger partial charge in [0.15, 0.2) is 0 Å². The van der Waals surface area contributed by atoms with Crippen molar-refractivity contribution in [2.75, 3.05) is 31.8 Å². The van der Waals surface area contributed by atoms with E-state index in [0.717, 1.165) is 39.1 Å². The molecule has 1 spiro atoms. The fraction of sp³-hybridized carbons (Fsp3) is 1.00. The molecule has 0 bridgehead atoms. The lowest BCUT2D eigenvalue weighted by atomic mass is 9.89. The van der Waals surface area contributed by atoms with Crippen LogP contribution in [0.5, 0.6) is 0 Å². The molecule has 0 radical (unpaired) electrons. The summed E-state index contributed by atoms with van der Waals surface area (Å²) in [7, 11) is 0. The van der Waals surface area contributed by atoms with Crippen LogP contribution < -0.4 is 5.32 Å². The first-order valence-corrected chi connectivity index (χ1v) is 8.10. The first-order valence-electron chi connectivity index (χ1n) is 6.71. The molecule has 1 N–H and O–H groups in total. The zero-order valence-corrected chi connectivity index (χ0v) is 11.9. The van der Waals surface area contributed by atoms with Gasteiger partial charge in [-0.3, -0.25) is 0 Å². The second kappa shape index (κ2) is 6.41. The third-order valence-electron chi connectivity index (χ3n) is 3.84. The largest absolute Gasteiger partial charge is 0.378 e. The van der Waals surface area contributed by atoms with Gasteiger partial charge in [-0.1, -0.05) is 0 Å². The number of hydrogen-bond donors (Lipinski definition) is 1. The number of rotatable bonds is 5. The summed E-state index contributed by atoms with van der Waals surface area (Å²) >= 11 is 1.93. The van der Waals surface area contributed by atoms with Crippen LogP contribution in [0.3, 0.4) is 0 Å². The molecule has 4 heteroatoms. The summed E-state index contributed by atoms with van der Waals surface area (Å²) < 4.78 is 11.5. The summed E-state index contributed by atoms with van der Waals surface area (Å²) in [6, 6.07) is 1.23. The number of nitrogens with one attached hydrogen (secondary N) is 1. The van der Waals surface area contributed by atoms with Gasteiger partial charge in [-0.25, -0.2) is 0 Å². The van der Waals surface area contributed by atoms with Crippen molar-refractivity contribution >= 4 is 11.8 Å². The van der Waals surface area contributed by atoms with Crippen LogP contribution in [0.15, 0.2) is 0 Å². The van der Waals surface area contributed by atoms with Crippen molar-refractivity contribution in [2.24, 2.45) is 0 Å². The molecule has 2 fully saturated rings. The maximum absolute atomic E-state index is 5.95. The molecule has 2 aliphatic heterocycles. The van der Waals surface area contributed by atoms with E-state index in [1.54, 1.807) is 0 Å². The summed E-state index contributed by atoms with van der Waals surface area (Å²) in [5, 5.41) is 3.76. The summed E-state index contributed by atoms with van der Waals surface area (Å²) in [6.45, 7) is 4.85. The van der Waals surface area contributed by atoms with Gasteiger partial charge in [-0.15, -0.1) is 0 Å². The van der Waals surface area contributed by atoms with Gasteiger partial charge in [-0.05, 0) is 38.2 Å². The molecule has 2 aliphatic rings. The predicted octanol–water partition coefficient (Wildman–Crippen LogP) is 2.06. The lowest BCUT2D eigenvalue weighted by molar-refractivity contribution is -0.0901. The molecule has 2 rings (SSSR count). The maximum atomic E-state index is 5.95. The molecule has 3 unspecified atom stereocenters. The maximum Gasteiger partial charge on any atom is 0.0951 e. The third kappa shape index (κ3) is 3.85. The molecule has 0 aromatic rings. The molecule has 0 aromatic carbocycles. The molecule has 0 saturated carbocycles. The van der Waals surface area contributed by atoms with Crippen LogP contribution in [0, 0.1) is 0 Å². The highest BCUT2D eigenvalue weighted by molar-refractivity contribution is 7.98. The highest BCUT2D eigenvalue weighted by Gasteiger charge is 2.41. The van der Waals surface area contributed by atoms with E-state index in [-0.39, 0.29) is 5.60 Å². The standard InChI is InChI=1S/C13H25NO2S/c1-11(4-8-17-2)14-12-3-6-16-13(9-12)5-7-15-10-13/h11-12,14H,3-10H2,1-2H3. The highest BCUT2D eigenvalue weighted by Crippen LogP contribution is 2.32. The van der Waals surface area contributed by atoms with Crippen molar-refractivity contribution < 1.29 is 9.47 Å². The zero-order chi connectivity index (χ0) is 12.1. The molecule has 2 heterocycles. The summed E-state index contributed by atoms with van der Waals surface area (Å²) in [6.07, 6.45) is 6.76. The fourth-order valence-electron chi connectivity index (χ4n) is 2.81. The summed E-state index contributed by atoms with van der Waals surface area (Å²) in [5.74, 6) is 1.24. The van der Waals surface area contributed by atoms with E-state index in [9.17, 15) is 0 Å². The van der Waals surface area contributed by atoms with E-state index in [4.69, 9.17) is 9.47 Å². The van der Waals surface area contributed by atoms with Crippen molar-refractivity contribution in [1.82, 2.24) is 5.32 Å². The van der Waals surface area contributed by atoms with Gasteiger partial charge in [0.1, 0.15) is 0 Å². The topological polar surface area (TPSA) is 30.5 Å². The Morgan fingerprint density at radius 2 is 2.35 bits per heavy atom. The fourth-order valence-corrected chi connectivity index (χ4v) is 3.40. The van der Waals surface area contributed by atoms with Crippen molar-refractivity contribution in [1.29, 1.82) is 0 Å². The van der Waals surface area contributed by atoms with Crippen LogP contribution in [-0.2, 0) is 9.47 Å². The normalized spacial score (nSPS) is 35.3. The lowest BCUT2D eigenvalue weighted by Crippen LogP contribution is -2.49. The van der Waals surface area contributed by atoms with E-state index in [1.165, 1.54) is 12.2 Å². The van der Waals surface area contributed by atoms with Crippen LogP contribution in [0.4, 0.5) is 0 Å². The molecule has 100 valence electrons. The highest BCUT2D eigenvalue weighted by atomic mass is 32.2. The third-order valence-corrected chi connectivity index (χ3v) is 4.48. The second-order valence-corrected chi connectivity index (χ2v) is 6.36. The molecule has 2 saturated heterocycles. The van der Waals surface area contributed by atoms with E-state index in [1.807, 2.05) is 11.8 Å². The first kappa shape index (κ1) is 13.7. The Labute approximate surface area is 109 Å². The van der Waals surface area contributed by atoms with Crippen molar-refractivity contribution in [3.63, 3.8) is 0 Å². The van der Waals surface area contributed by atoms with E-state index in [2.05, 4.69) is 18.5 Å². The van der Waals surface area contributed by atoms with Crippen molar-refractivity contribution in [2.45, 2.75) is 50.3 Å².